The number of ether oxygens (including phenoxy) is 1. The van der Waals surface area contributed by atoms with Crippen LogP contribution in [0, 0.1) is 0 Å². The smallest absolute Gasteiger partial charge is 0.245 e. The molecule has 0 radical (unpaired) electrons. The van der Waals surface area contributed by atoms with Gasteiger partial charge in [0.1, 0.15) is 22.4 Å². The van der Waals surface area contributed by atoms with Crippen molar-refractivity contribution in [2.24, 2.45) is 0 Å². The average Bonchev–Trinajstić information content (AvgIpc) is 2.94. The summed E-state index contributed by atoms with van der Waals surface area (Å²) in [4.78, 5) is 15.4. The van der Waals surface area contributed by atoms with Gasteiger partial charge < -0.3 is 10.1 Å². The number of carbonyl (C=O) groups excluding carboxylic acids is 1. The highest BCUT2D eigenvalue weighted by Gasteiger charge is 2.42. The number of nitrogens with one attached hydrogen (secondary N) is 1. The molecule has 9 nitrogen and oxygen atoms in total. The van der Waals surface area contributed by atoms with E-state index in [0.29, 0.717) is 36.6 Å². The van der Waals surface area contributed by atoms with Gasteiger partial charge in [-0.05, 0) is 81.6 Å². The molecule has 1 aliphatic heterocycles. The molecule has 1 atom stereocenters. The summed E-state index contributed by atoms with van der Waals surface area (Å²) in [5.41, 5.74) is 1.32. The predicted octanol–water partition coefficient (Wildman–Crippen LogP) is 4.41. The first-order valence-corrected chi connectivity index (χ1v) is 17.3. The third-order valence-electron chi connectivity index (χ3n) is 7.36. The summed E-state index contributed by atoms with van der Waals surface area (Å²) in [5.74, 6) is 0.756. The molecule has 3 aromatic carbocycles. The highest BCUT2D eigenvalue weighted by Crippen LogP contribution is 2.38. The Morgan fingerprint density at radius 2 is 1.52 bits per heavy atom. The van der Waals surface area contributed by atoms with Gasteiger partial charge in [-0.25, -0.2) is 16.8 Å². The van der Waals surface area contributed by atoms with Gasteiger partial charge in [-0.15, -0.1) is 0 Å². The van der Waals surface area contributed by atoms with Crippen molar-refractivity contribution >= 4 is 25.8 Å². The molecule has 0 aromatic heterocycles. The van der Waals surface area contributed by atoms with Gasteiger partial charge in [-0.3, -0.25) is 9.69 Å². The SMILES string of the molecule is CC(C)N(CCNC(=O)C1c2ccc(Oc3ccccc3)cc2CCN1S(=O)(=O)c1ccccc1S(C)(=O)=O)C(C)C. The molecule has 1 heterocycles. The third-order valence-corrected chi connectivity index (χ3v) is 10.6. The van der Waals surface area contributed by atoms with Crippen LogP contribution in [0.1, 0.15) is 44.9 Å². The summed E-state index contributed by atoms with van der Waals surface area (Å²) < 4.78 is 60.3. The molecule has 11 heteroatoms. The lowest BCUT2D eigenvalue weighted by atomic mass is 9.93. The highest BCUT2D eigenvalue weighted by atomic mass is 32.2. The van der Waals surface area contributed by atoms with Crippen molar-refractivity contribution in [1.82, 2.24) is 14.5 Å². The van der Waals surface area contributed by atoms with Crippen LogP contribution in [0.25, 0.3) is 0 Å². The lowest BCUT2D eigenvalue weighted by Crippen LogP contribution is -2.49. The minimum atomic E-state index is -4.39. The van der Waals surface area contributed by atoms with Gasteiger partial charge in [0.15, 0.2) is 9.84 Å². The van der Waals surface area contributed by atoms with Crippen molar-refractivity contribution in [1.29, 1.82) is 0 Å². The summed E-state index contributed by atoms with van der Waals surface area (Å²) in [6, 6.07) is 19.4. The van der Waals surface area contributed by atoms with E-state index in [4.69, 9.17) is 4.74 Å². The van der Waals surface area contributed by atoms with Gasteiger partial charge in [0.05, 0.1) is 4.90 Å². The van der Waals surface area contributed by atoms with E-state index in [1.807, 2.05) is 36.4 Å². The van der Waals surface area contributed by atoms with Crippen molar-refractivity contribution in [3.63, 3.8) is 0 Å². The van der Waals surface area contributed by atoms with Gasteiger partial charge >= 0.3 is 0 Å². The Morgan fingerprint density at radius 3 is 2.14 bits per heavy atom. The fourth-order valence-electron chi connectivity index (χ4n) is 5.41. The molecule has 1 N–H and O–H groups in total. The largest absolute Gasteiger partial charge is 0.457 e. The zero-order valence-corrected chi connectivity index (χ0v) is 26.3. The average molecular weight is 614 g/mol. The highest BCUT2D eigenvalue weighted by molar-refractivity contribution is 7.93. The van der Waals surface area contributed by atoms with Crippen molar-refractivity contribution in [3.05, 3.63) is 83.9 Å². The van der Waals surface area contributed by atoms with Crippen LogP contribution in [0.2, 0.25) is 0 Å². The van der Waals surface area contributed by atoms with Gasteiger partial charge in [0.2, 0.25) is 15.9 Å². The van der Waals surface area contributed by atoms with E-state index in [9.17, 15) is 21.6 Å². The number of amides is 1. The van der Waals surface area contributed by atoms with Gasteiger partial charge in [0.25, 0.3) is 0 Å². The molecule has 0 saturated carbocycles. The van der Waals surface area contributed by atoms with Gasteiger partial charge in [-0.2, -0.15) is 4.31 Å². The first-order chi connectivity index (χ1) is 19.8. The fraction of sp³-hybridized carbons (Fsp3) is 0.387. The van der Waals surface area contributed by atoms with Crippen LogP contribution in [-0.2, 0) is 31.1 Å². The molecule has 1 unspecified atom stereocenters. The van der Waals surface area contributed by atoms with E-state index in [-0.39, 0.29) is 28.4 Å². The normalized spacial score (nSPS) is 16.0. The van der Waals surface area contributed by atoms with Gasteiger partial charge in [-0.1, -0.05) is 36.4 Å². The van der Waals surface area contributed by atoms with Crippen LogP contribution in [0.15, 0.2) is 82.6 Å². The zero-order chi connectivity index (χ0) is 30.7. The second kappa shape index (κ2) is 12.9. The Balaban J connectivity index is 1.72. The standard InChI is InChI=1S/C31H39N3O6S2/c1-22(2)33(23(3)4)20-18-32-31(35)30-27-16-15-26(40-25-11-7-6-8-12-25)21-24(27)17-19-34(30)42(38,39)29-14-10-9-13-28(29)41(5,36)37/h6-16,21-23,30H,17-20H2,1-5H3,(H,32,35). The van der Waals surface area contributed by atoms with Crippen LogP contribution < -0.4 is 10.1 Å². The second-order valence-corrected chi connectivity index (χ2v) is 14.8. The minimum Gasteiger partial charge on any atom is -0.457 e. The van der Waals surface area contributed by atoms with Crippen LogP contribution >= 0.6 is 0 Å². The maximum absolute atomic E-state index is 14.1. The molecule has 4 rings (SSSR count). The topological polar surface area (TPSA) is 113 Å². The number of benzene rings is 3. The minimum absolute atomic E-state index is 0.00950. The fourth-order valence-corrected chi connectivity index (χ4v) is 8.59. The van der Waals surface area contributed by atoms with Crippen LogP contribution in [0.3, 0.4) is 0 Å². The number of sulfone groups is 1. The first kappa shape index (κ1) is 31.7. The quantitative estimate of drug-likeness (QED) is 0.341. The lowest BCUT2D eigenvalue weighted by Gasteiger charge is -2.36. The van der Waals surface area contributed by atoms with E-state index in [0.717, 1.165) is 16.1 Å². The molecule has 0 saturated heterocycles. The predicted molar refractivity (Wildman–Crippen MR) is 163 cm³/mol. The number of fused-ring (bicyclic) bond motifs is 1. The Labute approximate surface area is 249 Å². The molecule has 1 aliphatic rings. The summed E-state index contributed by atoms with van der Waals surface area (Å²) in [7, 11) is -8.25. The van der Waals surface area contributed by atoms with E-state index in [2.05, 4.69) is 37.9 Å². The Hall–Kier alpha value is -3.25. The second-order valence-electron chi connectivity index (χ2n) is 11.0. The Bertz CT molecular complexity index is 1620. The molecule has 226 valence electrons. The zero-order valence-electron chi connectivity index (χ0n) is 24.6. The number of hydrogen-bond acceptors (Lipinski definition) is 7. The molecular weight excluding hydrogens is 574 g/mol. The summed E-state index contributed by atoms with van der Waals surface area (Å²) in [6.07, 6.45) is 1.29. The Kier molecular flexibility index (Phi) is 9.77. The van der Waals surface area contributed by atoms with Crippen LogP contribution in [0.5, 0.6) is 11.5 Å². The maximum atomic E-state index is 14.1. The van der Waals surface area contributed by atoms with Crippen molar-refractivity contribution < 1.29 is 26.4 Å². The number of nitrogens with zero attached hydrogens (tertiary/aromatic N) is 2. The summed E-state index contributed by atoms with van der Waals surface area (Å²) in [6.45, 7) is 9.25. The van der Waals surface area contributed by atoms with E-state index in [1.54, 1.807) is 12.1 Å². The molecule has 42 heavy (non-hydrogen) atoms. The van der Waals surface area contributed by atoms with Crippen molar-refractivity contribution in [2.75, 3.05) is 25.9 Å². The number of carbonyl (C=O) groups is 1. The van der Waals surface area contributed by atoms with Crippen LogP contribution in [0.4, 0.5) is 0 Å². The molecule has 0 fully saturated rings. The van der Waals surface area contributed by atoms with E-state index >= 15 is 0 Å². The van der Waals surface area contributed by atoms with Crippen LogP contribution in [-0.4, -0.2) is 69.9 Å². The molecular formula is C31H39N3O6S2. The summed E-state index contributed by atoms with van der Waals surface area (Å²) in [5, 5.41) is 2.95. The van der Waals surface area contributed by atoms with Crippen molar-refractivity contribution in [2.45, 2.75) is 62.0 Å². The molecule has 3 aromatic rings. The Morgan fingerprint density at radius 1 is 0.905 bits per heavy atom. The molecule has 0 spiro atoms. The molecule has 1 amide bonds. The lowest BCUT2D eigenvalue weighted by molar-refractivity contribution is -0.125. The van der Waals surface area contributed by atoms with Gasteiger partial charge in [0, 0.05) is 38.0 Å². The third kappa shape index (κ3) is 7.03. The van der Waals surface area contributed by atoms with E-state index in [1.165, 1.54) is 24.3 Å². The summed E-state index contributed by atoms with van der Waals surface area (Å²) >= 11 is 0. The monoisotopic (exact) mass is 613 g/mol. The molecule has 0 bridgehead atoms. The van der Waals surface area contributed by atoms with Crippen molar-refractivity contribution in [3.8, 4) is 11.5 Å². The number of sulfonamides is 1. The number of rotatable bonds is 11. The molecule has 0 aliphatic carbocycles. The number of hydrogen-bond donors (Lipinski definition) is 1. The number of para-hydroxylation sites is 1. The first-order valence-electron chi connectivity index (χ1n) is 14.0. The van der Waals surface area contributed by atoms with E-state index < -0.39 is 31.8 Å². The maximum Gasteiger partial charge on any atom is 0.245 e.